The third kappa shape index (κ3) is 2.68. The van der Waals surface area contributed by atoms with E-state index in [9.17, 15) is 0 Å². The first-order valence-corrected chi connectivity index (χ1v) is 6.19. The number of hydrogen-bond donors (Lipinski definition) is 1. The monoisotopic (exact) mass is 261 g/mol. The zero-order chi connectivity index (χ0) is 13.2. The standard InChI is InChI=1S/C14H16ClN3/c1-14(2,16-3)13-17-9-8-12(18-13)10-4-6-11(15)7-5-10/h4-9,16H,1-3H3. The molecule has 0 saturated carbocycles. The van der Waals surface area contributed by atoms with Crippen molar-refractivity contribution in [3.8, 4) is 11.3 Å². The van der Waals surface area contributed by atoms with E-state index in [1.54, 1.807) is 6.20 Å². The van der Waals surface area contributed by atoms with Crippen LogP contribution in [0.4, 0.5) is 0 Å². The van der Waals surface area contributed by atoms with Crippen molar-refractivity contribution in [2.45, 2.75) is 19.4 Å². The zero-order valence-electron chi connectivity index (χ0n) is 10.7. The largest absolute Gasteiger partial charge is 0.308 e. The number of rotatable bonds is 3. The summed E-state index contributed by atoms with van der Waals surface area (Å²) in [4.78, 5) is 8.92. The maximum Gasteiger partial charge on any atom is 0.148 e. The Bertz CT molecular complexity index is 535. The summed E-state index contributed by atoms with van der Waals surface area (Å²) >= 11 is 5.88. The Morgan fingerprint density at radius 3 is 2.39 bits per heavy atom. The van der Waals surface area contributed by atoms with Crippen LogP contribution < -0.4 is 5.32 Å². The van der Waals surface area contributed by atoms with Gasteiger partial charge in [-0.3, -0.25) is 0 Å². The predicted molar refractivity (Wildman–Crippen MR) is 74.6 cm³/mol. The van der Waals surface area contributed by atoms with E-state index in [1.165, 1.54) is 0 Å². The van der Waals surface area contributed by atoms with E-state index < -0.39 is 0 Å². The summed E-state index contributed by atoms with van der Waals surface area (Å²) in [6.45, 7) is 4.10. The maximum atomic E-state index is 5.88. The van der Waals surface area contributed by atoms with Crippen molar-refractivity contribution in [3.63, 3.8) is 0 Å². The molecular weight excluding hydrogens is 246 g/mol. The van der Waals surface area contributed by atoms with Crippen molar-refractivity contribution in [2.75, 3.05) is 7.05 Å². The normalized spacial score (nSPS) is 11.6. The quantitative estimate of drug-likeness (QED) is 0.922. The third-order valence-corrected chi connectivity index (χ3v) is 3.23. The highest BCUT2D eigenvalue weighted by Crippen LogP contribution is 2.22. The first kappa shape index (κ1) is 13.0. The third-order valence-electron chi connectivity index (χ3n) is 2.98. The second kappa shape index (κ2) is 5.04. The molecule has 1 heterocycles. The minimum atomic E-state index is -0.248. The van der Waals surface area contributed by atoms with Crippen LogP contribution in [0.5, 0.6) is 0 Å². The predicted octanol–water partition coefficient (Wildman–Crippen LogP) is 3.25. The van der Waals surface area contributed by atoms with Gasteiger partial charge in [0.25, 0.3) is 0 Å². The average molecular weight is 262 g/mol. The Labute approximate surface area is 112 Å². The van der Waals surface area contributed by atoms with Crippen LogP contribution in [0.1, 0.15) is 19.7 Å². The molecule has 2 rings (SSSR count). The molecule has 4 heteroatoms. The Hall–Kier alpha value is -1.45. The van der Waals surface area contributed by atoms with Gasteiger partial charge in [-0.1, -0.05) is 23.7 Å². The fourth-order valence-electron chi connectivity index (χ4n) is 1.55. The van der Waals surface area contributed by atoms with Crippen LogP contribution in [-0.4, -0.2) is 17.0 Å². The molecule has 1 N–H and O–H groups in total. The van der Waals surface area contributed by atoms with Gasteiger partial charge in [0.2, 0.25) is 0 Å². The van der Waals surface area contributed by atoms with E-state index in [2.05, 4.69) is 15.3 Å². The molecule has 2 aromatic rings. The molecule has 18 heavy (non-hydrogen) atoms. The van der Waals surface area contributed by atoms with Crippen molar-refractivity contribution < 1.29 is 0 Å². The van der Waals surface area contributed by atoms with Crippen LogP contribution in [-0.2, 0) is 5.54 Å². The van der Waals surface area contributed by atoms with Gasteiger partial charge in [-0.15, -0.1) is 0 Å². The van der Waals surface area contributed by atoms with Gasteiger partial charge in [-0.25, -0.2) is 9.97 Å². The number of hydrogen-bond acceptors (Lipinski definition) is 3. The highest BCUT2D eigenvalue weighted by molar-refractivity contribution is 6.30. The van der Waals surface area contributed by atoms with E-state index in [1.807, 2.05) is 51.2 Å². The lowest BCUT2D eigenvalue weighted by Crippen LogP contribution is -2.35. The molecular formula is C14H16ClN3. The smallest absolute Gasteiger partial charge is 0.148 e. The lowest BCUT2D eigenvalue weighted by atomic mass is 10.0. The highest BCUT2D eigenvalue weighted by atomic mass is 35.5. The van der Waals surface area contributed by atoms with Crippen molar-refractivity contribution in [1.29, 1.82) is 0 Å². The minimum absolute atomic E-state index is 0.248. The highest BCUT2D eigenvalue weighted by Gasteiger charge is 2.21. The van der Waals surface area contributed by atoms with Crippen LogP contribution in [0.3, 0.4) is 0 Å². The molecule has 0 aliphatic heterocycles. The van der Waals surface area contributed by atoms with Gasteiger partial charge in [0, 0.05) is 16.8 Å². The molecule has 0 fully saturated rings. The topological polar surface area (TPSA) is 37.8 Å². The van der Waals surface area contributed by atoms with Crippen LogP contribution in [0, 0.1) is 0 Å². The van der Waals surface area contributed by atoms with Gasteiger partial charge in [0.15, 0.2) is 0 Å². The lowest BCUT2D eigenvalue weighted by Gasteiger charge is -2.22. The number of aromatic nitrogens is 2. The molecule has 0 aliphatic carbocycles. The molecule has 0 spiro atoms. The molecule has 0 saturated heterocycles. The Kier molecular flexibility index (Phi) is 3.64. The van der Waals surface area contributed by atoms with Gasteiger partial charge in [0.05, 0.1) is 11.2 Å². The summed E-state index contributed by atoms with van der Waals surface area (Å²) in [7, 11) is 1.90. The fraction of sp³-hybridized carbons (Fsp3) is 0.286. The number of nitrogens with zero attached hydrogens (tertiary/aromatic N) is 2. The molecule has 0 bridgehead atoms. The maximum absolute atomic E-state index is 5.88. The molecule has 0 aliphatic rings. The SMILES string of the molecule is CNC(C)(C)c1nccc(-c2ccc(Cl)cc2)n1. The van der Waals surface area contributed by atoms with Crippen LogP contribution in [0.2, 0.25) is 5.02 Å². The van der Waals surface area contributed by atoms with Crippen molar-refractivity contribution in [3.05, 3.63) is 47.4 Å². The van der Waals surface area contributed by atoms with Gasteiger partial charge < -0.3 is 5.32 Å². The molecule has 1 aromatic carbocycles. The second-order valence-corrected chi connectivity index (χ2v) is 5.08. The molecule has 94 valence electrons. The zero-order valence-corrected chi connectivity index (χ0v) is 11.5. The van der Waals surface area contributed by atoms with E-state index in [0.29, 0.717) is 0 Å². The average Bonchev–Trinajstić information content (AvgIpc) is 2.40. The molecule has 0 radical (unpaired) electrons. The summed E-state index contributed by atoms with van der Waals surface area (Å²) < 4.78 is 0. The van der Waals surface area contributed by atoms with Gasteiger partial charge in [-0.05, 0) is 39.1 Å². The molecule has 0 amide bonds. The lowest BCUT2D eigenvalue weighted by molar-refractivity contribution is 0.417. The van der Waals surface area contributed by atoms with E-state index >= 15 is 0 Å². The van der Waals surface area contributed by atoms with Crippen LogP contribution in [0.15, 0.2) is 36.5 Å². The van der Waals surface area contributed by atoms with Gasteiger partial charge in [0.1, 0.15) is 5.82 Å². The van der Waals surface area contributed by atoms with Crippen molar-refractivity contribution in [2.24, 2.45) is 0 Å². The van der Waals surface area contributed by atoms with Crippen LogP contribution >= 0.6 is 11.6 Å². The molecule has 3 nitrogen and oxygen atoms in total. The van der Waals surface area contributed by atoms with Crippen molar-refractivity contribution >= 4 is 11.6 Å². The van der Waals surface area contributed by atoms with Gasteiger partial charge in [-0.2, -0.15) is 0 Å². The minimum Gasteiger partial charge on any atom is -0.308 e. The number of benzene rings is 1. The summed E-state index contributed by atoms with van der Waals surface area (Å²) in [5.41, 5.74) is 1.69. The van der Waals surface area contributed by atoms with E-state index in [4.69, 9.17) is 11.6 Å². The van der Waals surface area contributed by atoms with Gasteiger partial charge >= 0.3 is 0 Å². The number of halogens is 1. The summed E-state index contributed by atoms with van der Waals surface area (Å²) in [6, 6.07) is 9.55. The summed E-state index contributed by atoms with van der Waals surface area (Å²) in [6.07, 6.45) is 1.78. The first-order valence-electron chi connectivity index (χ1n) is 5.81. The number of nitrogens with one attached hydrogen (secondary N) is 1. The molecule has 0 atom stereocenters. The Balaban J connectivity index is 2.41. The van der Waals surface area contributed by atoms with Crippen LogP contribution in [0.25, 0.3) is 11.3 Å². The Morgan fingerprint density at radius 2 is 1.78 bits per heavy atom. The Morgan fingerprint density at radius 1 is 1.11 bits per heavy atom. The fourth-order valence-corrected chi connectivity index (χ4v) is 1.68. The molecule has 0 unspecified atom stereocenters. The molecule has 1 aromatic heterocycles. The van der Waals surface area contributed by atoms with E-state index in [0.717, 1.165) is 22.1 Å². The van der Waals surface area contributed by atoms with Crippen molar-refractivity contribution in [1.82, 2.24) is 15.3 Å². The second-order valence-electron chi connectivity index (χ2n) is 4.65. The van der Waals surface area contributed by atoms with E-state index in [-0.39, 0.29) is 5.54 Å². The summed E-state index contributed by atoms with van der Waals surface area (Å²) in [5.74, 6) is 0.775. The summed E-state index contributed by atoms with van der Waals surface area (Å²) in [5, 5.41) is 3.92. The first-order chi connectivity index (χ1) is 8.53.